The first-order valence-electron chi connectivity index (χ1n) is 10.9. The molecular weight excluding hydrogens is 338 g/mol. The molecule has 1 N–H and O–H groups in total. The predicted octanol–water partition coefficient (Wildman–Crippen LogP) is 3.09. The number of quaternary nitrogens is 1. The molecule has 4 fully saturated rings. The number of hydrogen-bond acceptors (Lipinski definition) is 3. The highest BCUT2D eigenvalue weighted by atomic mass is 16.5. The fraction of sp³-hybridized carbons (Fsp3) is 0.696. The second kappa shape index (κ2) is 4.22. The van der Waals surface area contributed by atoms with Crippen LogP contribution < -0.4 is 4.74 Å². The van der Waals surface area contributed by atoms with Gasteiger partial charge in [-0.25, -0.2) is 0 Å². The van der Waals surface area contributed by atoms with Gasteiger partial charge in [-0.1, -0.05) is 19.4 Å². The molecule has 1 aromatic carbocycles. The van der Waals surface area contributed by atoms with E-state index < -0.39 is 0 Å². The Labute approximate surface area is 160 Å². The summed E-state index contributed by atoms with van der Waals surface area (Å²) in [5, 5.41) is 10.5. The fourth-order valence-electron chi connectivity index (χ4n) is 8.61. The number of carbonyl (C=O) groups is 1. The maximum atomic E-state index is 13.0. The second-order valence-electron chi connectivity index (χ2n) is 10.7. The number of piperidine rings is 1. The van der Waals surface area contributed by atoms with Crippen LogP contribution in [0.4, 0.5) is 0 Å². The molecule has 2 saturated carbocycles. The molecule has 4 heteroatoms. The zero-order valence-corrected chi connectivity index (χ0v) is 16.1. The number of phenols is 1. The van der Waals surface area contributed by atoms with Crippen LogP contribution >= 0.6 is 0 Å². The minimum absolute atomic E-state index is 0.104. The van der Waals surface area contributed by atoms with Crippen LogP contribution in [0.15, 0.2) is 12.1 Å². The van der Waals surface area contributed by atoms with Gasteiger partial charge in [-0.2, -0.15) is 0 Å². The quantitative estimate of drug-likeness (QED) is 0.646. The Balaban J connectivity index is 1.47. The third kappa shape index (κ3) is 1.35. The molecule has 6 aliphatic rings. The SMILES string of the molecule is C[C@@]12CCC(=O)[C@@H]3Oc4c(O)ccc5c4[C@@]31CC[N+]1(CC3CCC3)CC21C5. The van der Waals surface area contributed by atoms with E-state index in [9.17, 15) is 9.90 Å². The lowest BCUT2D eigenvalue weighted by atomic mass is 9.42. The van der Waals surface area contributed by atoms with Crippen LogP contribution in [0.5, 0.6) is 11.5 Å². The summed E-state index contributed by atoms with van der Waals surface area (Å²) >= 11 is 0. The Hall–Kier alpha value is -1.55. The molecule has 0 amide bonds. The number of rotatable bonds is 2. The zero-order valence-electron chi connectivity index (χ0n) is 16.1. The summed E-state index contributed by atoms with van der Waals surface area (Å²) in [5.74, 6) is 2.03. The van der Waals surface area contributed by atoms with E-state index in [2.05, 4.69) is 13.0 Å². The number of nitrogens with zero attached hydrogens (tertiary/aromatic N) is 1. The first-order chi connectivity index (χ1) is 13.0. The zero-order chi connectivity index (χ0) is 18.2. The number of phenolic OH excluding ortho intramolecular Hbond substituents is 1. The minimum atomic E-state index is -0.373. The lowest BCUT2D eigenvalue weighted by Crippen LogP contribution is -2.72. The Kier molecular flexibility index (Phi) is 2.40. The molecule has 142 valence electrons. The molecule has 2 spiro atoms. The van der Waals surface area contributed by atoms with Crippen LogP contribution in [0.1, 0.15) is 56.6 Å². The van der Waals surface area contributed by atoms with E-state index in [1.807, 2.05) is 0 Å². The maximum absolute atomic E-state index is 13.0. The van der Waals surface area contributed by atoms with Crippen LogP contribution in [-0.4, -0.2) is 46.6 Å². The summed E-state index contributed by atoms with van der Waals surface area (Å²) in [6.45, 7) is 6.31. The fourth-order valence-corrected chi connectivity index (χ4v) is 8.61. The Morgan fingerprint density at radius 1 is 1.30 bits per heavy atom. The smallest absolute Gasteiger partial charge is 0.174 e. The topological polar surface area (TPSA) is 46.5 Å². The van der Waals surface area contributed by atoms with Crippen LogP contribution in [0.2, 0.25) is 0 Å². The Morgan fingerprint density at radius 3 is 2.93 bits per heavy atom. The number of carbonyl (C=O) groups excluding carboxylic acids is 1. The highest BCUT2D eigenvalue weighted by Crippen LogP contribution is 2.77. The molecule has 2 saturated heterocycles. The highest BCUT2D eigenvalue weighted by Gasteiger charge is 2.88. The van der Waals surface area contributed by atoms with Gasteiger partial charge in [-0.15, -0.1) is 0 Å². The third-order valence-electron chi connectivity index (χ3n) is 10.1. The number of hydrogen-bond donors (Lipinski definition) is 1. The lowest BCUT2D eigenvalue weighted by molar-refractivity contribution is -0.850. The molecule has 2 bridgehead atoms. The maximum Gasteiger partial charge on any atom is 0.174 e. The van der Waals surface area contributed by atoms with Gasteiger partial charge in [-0.3, -0.25) is 4.79 Å². The van der Waals surface area contributed by atoms with Crippen molar-refractivity contribution in [1.29, 1.82) is 0 Å². The monoisotopic (exact) mass is 366 g/mol. The van der Waals surface area contributed by atoms with Crippen LogP contribution in [-0.2, 0) is 16.6 Å². The second-order valence-corrected chi connectivity index (χ2v) is 10.7. The molecule has 1 aromatic rings. The minimum Gasteiger partial charge on any atom is -0.504 e. The van der Waals surface area contributed by atoms with Gasteiger partial charge in [0.25, 0.3) is 0 Å². The van der Waals surface area contributed by atoms with Crippen LogP contribution in [0.25, 0.3) is 0 Å². The average Bonchev–Trinajstić information content (AvgIpc) is 3.08. The van der Waals surface area contributed by atoms with E-state index in [0.717, 1.165) is 25.2 Å². The summed E-state index contributed by atoms with van der Waals surface area (Å²) in [6, 6.07) is 3.92. The van der Waals surface area contributed by atoms with Gasteiger partial charge in [-0.05, 0) is 30.9 Å². The normalized spacial score (nSPS) is 48.3. The van der Waals surface area contributed by atoms with Gasteiger partial charge in [0.05, 0.1) is 18.5 Å². The average molecular weight is 366 g/mol. The summed E-state index contributed by atoms with van der Waals surface area (Å²) in [7, 11) is 0. The summed E-state index contributed by atoms with van der Waals surface area (Å²) in [4.78, 5) is 13.0. The van der Waals surface area contributed by atoms with Crippen molar-refractivity contribution in [2.75, 3.05) is 19.6 Å². The van der Waals surface area contributed by atoms with Gasteiger partial charge >= 0.3 is 0 Å². The van der Waals surface area contributed by atoms with Crippen molar-refractivity contribution in [3.63, 3.8) is 0 Å². The number of benzene rings is 1. The van der Waals surface area contributed by atoms with Crippen molar-refractivity contribution in [2.24, 2.45) is 11.3 Å². The first-order valence-corrected chi connectivity index (χ1v) is 10.9. The van der Waals surface area contributed by atoms with E-state index >= 15 is 0 Å². The summed E-state index contributed by atoms with van der Waals surface area (Å²) in [6.07, 6.45) is 7.63. The van der Waals surface area contributed by atoms with Crippen LogP contribution in [0, 0.1) is 11.3 Å². The highest BCUT2D eigenvalue weighted by molar-refractivity contribution is 5.89. The lowest BCUT2D eigenvalue weighted by Gasteiger charge is -2.61. The van der Waals surface area contributed by atoms with Gasteiger partial charge in [0.15, 0.2) is 28.9 Å². The van der Waals surface area contributed by atoms with Gasteiger partial charge in [0.2, 0.25) is 0 Å². The van der Waals surface area contributed by atoms with Gasteiger partial charge in [0, 0.05) is 36.2 Å². The van der Waals surface area contributed by atoms with Gasteiger partial charge < -0.3 is 14.3 Å². The van der Waals surface area contributed by atoms with Gasteiger partial charge in [0.1, 0.15) is 6.54 Å². The van der Waals surface area contributed by atoms with E-state index in [-0.39, 0.29) is 34.0 Å². The Morgan fingerprint density at radius 2 is 2.15 bits per heavy atom. The van der Waals surface area contributed by atoms with Crippen LogP contribution in [0.3, 0.4) is 0 Å². The number of Topliss-reactive ketones (excluding diaryl/α,β-unsaturated/α-hetero) is 1. The van der Waals surface area contributed by atoms with E-state index in [1.54, 1.807) is 6.07 Å². The van der Waals surface area contributed by atoms with Crippen molar-refractivity contribution in [3.8, 4) is 11.5 Å². The molecule has 4 nitrogen and oxygen atoms in total. The molecule has 0 aromatic heterocycles. The summed E-state index contributed by atoms with van der Waals surface area (Å²) in [5.41, 5.74) is 2.75. The van der Waals surface area contributed by atoms with E-state index in [4.69, 9.17) is 4.74 Å². The van der Waals surface area contributed by atoms with Crippen molar-refractivity contribution in [3.05, 3.63) is 23.3 Å². The largest absolute Gasteiger partial charge is 0.504 e. The molecule has 2 unspecified atom stereocenters. The molecule has 5 atom stereocenters. The van der Waals surface area contributed by atoms with Crippen molar-refractivity contribution in [2.45, 2.75) is 68.9 Å². The number of ketones is 1. The molecule has 3 aliphatic heterocycles. The standard InChI is InChI=1S/C23H27NO3/c1-21-8-7-17(26)20-23(21)9-10-24(12-14-3-2-4-14)13-22(21,24)11-15-5-6-16(25)19(27-20)18(15)23/h5-6,14,20H,2-4,7-13H2,1H3/p+1/t20-,21-,22?,23-,24?/m0/s1. The number of aromatic hydroxyl groups is 1. The molecule has 3 heterocycles. The first kappa shape index (κ1) is 15.4. The molecule has 7 rings (SSSR count). The molecule has 27 heavy (non-hydrogen) atoms. The Bertz CT molecular complexity index is 922. The number of ether oxygens (including phenoxy) is 1. The molecule has 3 aliphatic carbocycles. The van der Waals surface area contributed by atoms with E-state index in [0.29, 0.717) is 12.2 Å². The molecule has 0 radical (unpaired) electrons. The third-order valence-corrected chi connectivity index (χ3v) is 10.1. The van der Waals surface area contributed by atoms with Crippen molar-refractivity contribution >= 4 is 5.78 Å². The van der Waals surface area contributed by atoms with Crippen molar-refractivity contribution < 1.29 is 19.1 Å². The predicted molar refractivity (Wildman–Crippen MR) is 99.8 cm³/mol. The molecular formula is C23H28NO3+. The van der Waals surface area contributed by atoms with Crippen molar-refractivity contribution in [1.82, 2.24) is 0 Å². The van der Waals surface area contributed by atoms with E-state index in [1.165, 1.54) is 54.5 Å². The summed E-state index contributed by atoms with van der Waals surface area (Å²) < 4.78 is 7.59.